The molecule has 2 rings (SSSR count). The van der Waals surface area contributed by atoms with Gasteiger partial charge in [0.2, 0.25) is 0 Å². The predicted octanol–water partition coefficient (Wildman–Crippen LogP) is 2.68. The maximum Gasteiger partial charge on any atom is 0.122 e. The van der Waals surface area contributed by atoms with Crippen LogP contribution in [0, 0.1) is 0 Å². The van der Waals surface area contributed by atoms with Crippen LogP contribution in [0.5, 0.6) is 11.5 Å². The highest BCUT2D eigenvalue weighted by Crippen LogP contribution is 2.22. The van der Waals surface area contributed by atoms with E-state index in [2.05, 4.69) is 24.1 Å². The molecule has 0 amide bonds. The molecule has 1 aromatic rings. The molecule has 1 aromatic carbocycles. The van der Waals surface area contributed by atoms with Crippen molar-refractivity contribution in [3.05, 3.63) is 23.8 Å². The first-order chi connectivity index (χ1) is 11.6. The van der Waals surface area contributed by atoms with Crippen molar-refractivity contribution >= 4 is 0 Å². The third-order valence-electron chi connectivity index (χ3n) is 4.31. The minimum atomic E-state index is 0.356. The highest BCUT2D eigenvalue weighted by molar-refractivity contribution is 5.38. The van der Waals surface area contributed by atoms with Crippen molar-refractivity contribution < 1.29 is 14.2 Å². The second-order valence-corrected chi connectivity index (χ2v) is 6.62. The molecular weight excluding hydrogens is 304 g/mol. The SMILES string of the molecule is COc1cc(CNCCCCN2CC(C)OC(C)C2)cc(OC)c1. The summed E-state index contributed by atoms with van der Waals surface area (Å²) in [6.45, 7) is 9.45. The Labute approximate surface area is 146 Å². The zero-order valence-corrected chi connectivity index (χ0v) is 15.5. The lowest BCUT2D eigenvalue weighted by Gasteiger charge is -2.35. The molecule has 5 nitrogen and oxygen atoms in total. The van der Waals surface area contributed by atoms with E-state index in [1.54, 1.807) is 14.2 Å². The standard InChI is InChI=1S/C19H32N2O3/c1-15-13-21(14-16(2)24-15)8-6-5-7-20-12-17-9-18(22-3)11-19(10-17)23-4/h9-11,15-16,20H,5-8,12-14H2,1-4H3. The minimum absolute atomic E-state index is 0.356. The molecule has 0 radical (unpaired) electrons. The van der Waals surface area contributed by atoms with Gasteiger partial charge in [-0.2, -0.15) is 0 Å². The van der Waals surface area contributed by atoms with Gasteiger partial charge in [0.05, 0.1) is 26.4 Å². The molecule has 0 aliphatic carbocycles. The van der Waals surface area contributed by atoms with Gasteiger partial charge in [0.1, 0.15) is 11.5 Å². The van der Waals surface area contributed by atoms with E-state index in [4.69, 9.17) is 14.2 Å². The maximum absolute atomic E-state index is 5.77. The van der Waals surface area contributed by atoms with Crippen molar-refractivity contribution in [3.8, 4) is 11.5 Å². The zero-order chi connectivity index (χ0) is 17.4. The van der Waals surface area contributed by atoms with E-state index < -0.39 is 0 Å². The summed E-state index contributed by atoms with van der Waals surface area (Å²) in [5.74, 6) is 1.67. The lowest BCUT2D eigenvalue weighted by Crippen LogP contribution is -2.45. The van der Waals surface area contributed by atoms with Gasteiger partial charge in [-0.25, -0.2) is 0 Å². The number of methoxy groups -OCH3 is 2. The molecule has 1 aliphatic heterocycles. The molecule has 0 spiro atoms. The van der Waals surface area contributed by atoms with Gasteiger partial charge >= 0.3 is 0 Å². The van der Waals surface area contributed by atoms with Crippen molar-refractivity contribution in [3.63, 3.8) is 0 Å². The number of hydrogen-bond donors (Lipinski definition) is 1. The number of nitrogens with zero attached hydrogens (tertiary/aromatic N) is 1. The molecule has 1 fully saturated rings. The van der Waals surface area contributed by atoms with Crippen LogP contribution in [0.15, 0.2) is 18.2 Å². The molecule has 1 saturated heterocycles. The van der Waals surface area contributed by atoms with Crippen LogP contribution in [0.4, 0.5) is 0 Å². The zero-order valence-electron chi connectivity index (χ0n) is 15.5. The number of benzene rings is 1. The summed E-state index contributed by atoms with van der Waals surface area (Å²) in [4.78, 5) is 2.52. The van der Waals surface area contributed by atoms with Crippen LogP contribution < -0.4 is 14.8 Å². The van der Waals surface area contributed by atoms with Crippen molar-refractivity contribution in [1.82, 2.24) is 10.2 Å². The Kier molecular flexibility index (Phi) is 7.82. The molecule has 1 aliphatic rings. The molecule has 0 aromatic heterocycles. The van der Waals surface area contributed by atoms with Gasteiger partial charge in [0.25, 0.3) is 0 Å². The first kappa shape index (κ1) is 19.0. The summed E-state index contributed by atoms with van der Waals surface area (Å²) in [6.07, 6.45) is 3.11. The smallest absolute Gasteiger partial charge is 0.122 e. The second kappa shape index (κ2) is 9.87. The van der Waals surface area contributed by atoms with Crippen molar-refractivity contribution in [2.75, 3.05) is 40.4 Å². The van der Waals surface area contributed by atoms with Gasteiger partial charge < -0.3 is 19.5 Å². The van der Waals surface area contributed by atoms with Crippen LogP contribution in [-0.4, -0.2) is 57.5 Å². The van der Waals surface area contributed by atoms with E-state index in [1.807, 2.05) is 18.2 Å². The van der Waals surface area contributed by atoms with Gasteiger partial charge in [-0.3, -0.25) is 4.90 Å². The Balaban J connectivity index is 1.63. The predicted molar refractivity (Wildman–Crippen MR) is 96.9 cm³/mol. The van der Waals surface area contributed by atoms with Crippen LogP contribution in [0.3, 0.4) is 0 Å². The fourth-order valence-corrected chi connectivity index (χ4v) is 3.25. The molecule has 2 atom stereocenters. The molecule has 136 valence electrons. The monoisotopic (exact) mass is 336 g/mol. The lowest BCUT2D eigenvalue weighted by atomic mass is 10.2. The summed E-state index contributed by atoms with van der Waals surface area (Å²) in [5.41, 5.74) is 1.18. The lowest BCUT2D eigenvalue weighted by molar-refractivity contribution is -0.0681. The van der Waals surface area contributed by atoms with E-state index in [-0.39, 0.29) is 0 Å². The van der Waals surface area contributed by atoms with Gasteiger partial charge in [-0.1, -0.05) is 0 Å². The third kappa shape index (κ3) is 6.30. The number of morpholine rings is 1. The fraction of sp³-hybridized carbons (Fsp3) is 0.684. The van der Waals surface area contributed by atoms with Crippen molar-refractivity contribution in [2.45, 2.75) is 45.4 Å². The Morgan fingerprint density at radius 3 is 2.25 bits per heavy atom. The minimum Gasteiger partial charge on any atom is -0.497 e. The van der Waals surface area contributed by atoms with Gasteiger partial charge in [0, 0.05) is 25.7 Å². The quantitative estimate of drug-likeness (QED) is 0.702. The van der Waals surface area contributed by atoms with Crippen LogP contribution in [0.2, 0.25) is 0 Å². The number of rotatable bonds is 9. The second-order valence-electron chi connectivity index (χ2n) is 6.62. The molecule has 1 heterocycles. The Bertz CT molecular complexity index is 463. The summed E-state index contributed by atoms with van der Waals surface area (Å²) >= 11 is 0. The number of unbranched alkanes of at least 4 members (excludes halogenated alkanes) is 1. The average molecular weight is 336 g/mol. The molecule has 0 saturated carbocycles. The van der Waals surface area contributed by atoms with Crippen molar-refractivity contribution in [1.29, 1.82) is 0 Å². The first-order valence-corrected chi connectivity index (χ1v) is 8.91. The molecular formula is C19H32N2O3. The van der Waals surface area contributed by atoms with E-state index >= 15 is 0 Å². The highest BCUT2D eigenvalue weighted by atomic mass is 16.5. The summed E-state index contributed by atoms with van der Waals surface area (Å²) in [5, 5.41) is 3.51. The normalized spacial score (nSPS) is 21.7. The number of ether oxygens (including phenoxy) is 3. The number of nitrogens with one attached hydrogen (secondary N) is 1. The largest absolute Gasteiger partial charge is 0.497 e. The van der Waals surface area contributed by atoms with Crippen LogP contribution in [0.25, 0.3) is 0 Å². The Hall–Kier alpha value is -1.30. The van der Waals surface area contributed by atoms with Crippen LogP contribution in [0.1, 0.15) is 32.3 Å². The molecule has 2 unspecified atom stereocenters. The van der Waals surface area contributed by atoms with Gasteiger partial charge in [-0.05, 0) is 57.5 Å². The van der Waals surface area contributed by atoms with Crippen LogP contribution in [-0.2, 0) is 11.3 Å². The Morgan fingerprint density at radius 2 is 1.67 bits per heavy atom. The fourth-order valence-electron chi connectivity index (χ4n) is 3.25. The molecule has 24 heavy (non-hydrogen) atoms. The van der Waals surface area contributed by atoms with E-state index in [0.717, 1.165) is 44.2 Å². The maximum atomic E-state index is 5.77. The van der Waals surface area contributed by atoms with E-state index in [0.29, 0.717) is 12.2 Å². The van der Waals surface area contributed by atoms with Gasteiger partial charge in [-0.15, -0.1) is 0 Å². The van der Waals surface area contributed by atoms with Crippen molar-refractivity contribution in [2.24, 2.45) is 0 Å². The topological polar surface area (TPSA) is 43.0 Å². The molecule has 5 heteroatoms. The van der Waals surface area contributed by atoms with Crippen LogP contribution >= 0.6 is 0 Å². The van der Waals surface area contributed by atoms with Gasteiger partial charge in [0.15, 0.2) is 0 Å². The average Bonchev–Trinajstić information content (AvgIpc) is 2.56. The molecule has 1 N–H and O–H groups in total. The first-order valence-electron chi connectivity index (χ1n) is 8.91. The summed E-state index contributed by atoms with van der Waals surface area (Å²) in [6, 6.07) is 5.99. The summed E-state index contributed by atoms with van der Waals surface area (Å²) in [7, 11) is 3.36. The van der Waals surface area contributed by atoms with E-state index in [9.17, 15) is 0 Å². The number of hydrogen-bond acceptors (Lipinski definition) is 5. The Morgan fingerprint density at radius 1 is 1.04 bits per heavy atom. The summed E-state index contributed by atoms with van der Waals surface area (Å²) < 4.78 is 16.4. The van der Waals surface area contributed by atoms with E-state index in [1.165, 1.54) is 18.4 Å². The third-order valence-corrected chi connectivity index (χ3v) is 4.31. The highest BCUT2D eigenvalue weighted by Gasteiger charge is 2.21. The molecule has 0 bridgehead atoms.